The highest BCUT2D eigenvalue weighted by molar-refractivity contribution is 7.89. The van der Waals surface area contributed by atoms with Crippen molar-refractivity contribution in [3.8, 4) is 6.07 Å². The second-order valence-corrected chi connectivity index (χ2v) is 7.08. The van der Waals surface area contributed by atoms with Crippen molar-refractivity contribution in [2.45, 2.75) is 25.2 Å². The Labute approximate surface area is 108 Å². The average Bonchev–Trinajstić information content (AvgIpc) is 2.95. The van der Waals surface area contributed by atoms with E-state index in [1.54, 1.807) is 12.1 Å². The lowest BCUT2D eigenvalue weighted by Gasteiger charge is -2.08. The summed E-state index contributed by atoms with van der Waals surface area (Å²) < 4.78 is 26.8. The van der Waals surface area contributed by atoms with Gasteiger partial charge in [0.1, 0.15) is 6.07 Å². The molecule has 4 nitrogen and oxygen atoms in total. The van der Waals surface area contributed by atoms with Gasteiger partial charge in [-0.3, -0.25) is 0 Å². The number of benzene rings is 1. The summed E-state index contributed by atoms with van der Waals surface area (Å²) in [6.45, 7) is 4.68. The summed E-state index contributed by atoms with van der Waals surface area (Å²) >= 11 is 0. The monoisotopic (exact) mass is 264 g/mol. The van der Waals surface area contributed by atoms with E-state index >= 15 is 0 Å². The highest BCUT2D eigenvalue weighted by Gasteiger charge is 2.45. The largest absolute Gasteiger partial charge is 0.241 e. The first-order chi connectivity index (χ1) is 8.37. The highest BCUT2D eigenvalue weighted by atomic mass is 32.2. The molecule has 1 fully saturated rings. The fraction of sp³-hybridized carbons (Fsp3) is 0.462. The molecule has 1 aliphatic carbocycles. The second kappa shape index (κ2) is 4.38. The number of hydrogen-bond acceptors (Lipinski definition) is 3. The summed E-state index contributed by atoms with van der Waals surface area (Å²) in [4.78, 5) is 0.0611. The Bertz CT molecular complexity index is 600. The van der Waals surface area contributed by atoms with Gasteiger partial charge >= 0.3 is 0 Å². The molecular weight excluding hydrogens is 248 g/mol. The lowest BCUT2D eigenvalue weighted by atomic mass is 10.1. The molecule has 1 saturated carbocycles. The molecule has 1 N–H and O–H groups in total. The molecule has 1 aromatic rings. The molecule has 1 atom stereocenters. The number of nitrogens with one attached hydrogen (secondary N) is 1. The predicted molar refractivity (Wildman–Crippen MR) is 68.2 cm³/mol. The number of sulfonamides is 1. The van der Waals surface area contributed by atoms with Gasteiger partial charge in [-0.2, -0.15) is 5.26 Å². The molecular formula is C13H16N2O2S. The van der Waals surface area contributed by atoms with Crippen molar-refractivity contribution >= 4 is 10.0 Å². The van der Waals surface area contributed by atoms with Gasteiger partial charge in [0.15, 0.2) is 0 Å². The van der Waals surface area contributed by atoms with Crippen molar-refractivity contribution in [1.29, 1.82) is 5.26 Å². The van der Waals surface area contributed by atoms with E-state index in [2.05, 4.69) is 18.6 Å². The molecule has 0 aliphatic heterocycles. The van der Waals surface area contributed by atoms with Gasteiger partial charge in [-0.25, -0.2) is 13.1 Å². The van der Waals surface area contributed by atoms with Crippen LogP contribution in [-0.2, 0) is 10.0 Å². The van der Waals surface area contributed by atoms with Gasteiger partial charge in [-0.05, 0) is 29.9 Å². The van der Waals surface area contributed by atoms with Crippen LogP contribution in [0.3, 0.4) is 0 Å². The SMILES string of the molecule is CC1(C)CC1CNS(=O)(=O)c1ccccc1C#N. The maximum absolute atomic E-state index is 12.1. The van der Waals surface area contributed by atoms with Crippen LogP contribution in [0.15, 0.2) is 29.2 Å². The molecule has 2 rings (SSSR count). The first-order valence-corrected chi connectivity index (χ1v) is 7.34. The van der Waals surface area contributed by atoms with E-state index in [9.17, 15) is 8.42 Å². The van der Waals surface area contributed by atoms with Crippen LogP contribution in [0.25, 0.3) is 0 Å². The molecule has 0 spiro atoms. The molecule has 0 amide bonds. The molecule has 18 heavy (non-hydrogen) atoms. The van der Waals surface area contributed by atoms with Crippen molar-refractivity contribution in [3.63, 3.8) is 0 Å². The first-order valence-electron chi connectivity index (χ1n) is 5.85. The van der Waals surface area contributed by atoms with Gasteiger partial charge in [0, 0.05) is 6.54 Å². The Kier molecular flexibility index (Phi) is 3.18. The summed E-state index contributed by atoms with van der Waals surface area (Å²) in [6.07, 6.45) is 1.04. The molecule has 1 unspecified atom stereocenters. The molecule has 5 heteroatoms. The van der Waals surface area contributed by atoms with E-state index in [1.807, 2.05) is 6.07 Å². The summed E-state index contributed by atoms with van der Waals surface area (Å²) in [6, 6.07) is 8.14. The molecule has 0 aromatic heterocycles. The van der Waals surface area contributed by atoms with Crippen LogP contribution in [0.2, 0.25) is 0 Å². The zero-order valence-electron chi connectivity index (χ0n) is 10.5. The van der Waals surface area contributed by atoms with Gasteiger partial charge in [-0.15, -0.1) is 0 Å². The topological polar surface area (TPSA) is 70.0 Å². The fourth-order valence-corrected chi connectivity index (χ4v) is 3.24. The highest BCUT2D eigenvalue weighted by Crippen LogP contribution is 2.51. The Morgan fingerprint density at radius 3 is 2.61 bits per heavy atom. The molecule has 1 aliphatic rings. The Balaban J connectivity index is 2.14. The van der Waals surface area contributed by atoms with Crippen molar-refractivity contribution in [2.24, 2.45) is 11.3 Å². The van der Waals surface area contributed by atoms with Gasteiger partial charge in [0.2, 0.25) is 10.0 Å². The van der Waals surface area contributed by atoms with Gasteiger partial charge < -0.3 is 0 Å². The van der Waals surface area contributed by atoms with Crippen LogP contribution in [-0.4, -0.2) is 15.0 Å². The Hall–Kier alpha value is -1.38. The van der Waals surface area contributed by atoms with E-state index in [1.165, 1.54) is 12.1 Å². The minimum Gasteiger partial charge on any atom is -0.211 e. The third kappa shape index (κ3) is 2.55. The average molecular weight is 264 g/mol. The van der Waals surface area contributed by atoms with Gasteiger partial charge in [0.25, 0.3) is 0 Å². The number of nitrogens with zero attached hydrogens (tertiary/aromatic N) is 1. The molecule has 0 radical (unpaired) electrons. The second-order valence-electron chi connectivity index (χ2n) is 5.35. The molecule has 96 valence electrons. The maximum atomic E-state index is 12.1. The normalized spacial score (nSPS) is 21.3. The zero-order chi connectivity index (χ0) is 13.4. The first kappa shape index (κ1) is 13.1. The minimum atomic E-state index is -3.58. The van der Waals surface area contributed by atoms with E-state index in [0.717, 1.165) is 6.42 Å². The number of nitriles is 1. The minimum absolute atomic E-state index is 0.0611. The Morgan fingerprint density at radius 1 is 1.44 bits per heavy atom. The summed E-state index contributed by atoms with van der Waals surface area (Å²) in [5, 5.41) is 8.91. The molecule has 0 saturated heterocycles. The van der Waals surface area contributed by atoms with Crippen LogP contribution in [0.5, 0.6) is 0 Å². The van der Waals surface area contributed by atoms with Crippen LogP contribution in [0, 0.1) is 22.7 Å². The zero-order valence-corrected chi connectivity index (χ0v) is 11.3. The van der Waals surface area contributed by atoms with Crippen molar-refractivity contribution in [3.05, 3.63) is 29.8 Å². The van der Waals surface area contributed by atoms with Crippen molar-refractivity contribution in [2.75, 3.05) is 6.54 Å². The number of hydrogen-bond donors (Lipinski definition) is 1. The Morgan fingerprint density at radius 2 is 2.06 bits per heavy atom. The van der Waals surface area contributed by atoms with E-state index < -0.39 is 10.0 Å². The van der Waals surface area contributed by atoms with Crippen LogP contribution < -0.4 is 4.72 Å². The lowest BCUT2D eigenvalue weighted by Crippen LogP contribution is -2.27. The summed E-state index contributed by atoms with van der Waals surface area (Å²) in [5.41, 5.74) is 0.414. The van der Waals surface area contributed by atoms with Crippen molar-refractivity contribution in [1.82, 2.24) is 4.72 Å². The quantitative estimate of drug-likeness (QED) is 0.902. The molecule has 1 aromatic carbocycles. The van der Waals surface area contributed by atoms with Gasteiger partial charge in [-0.1, -0.05) is 26.0 Å². The fourth-order valence-electron chi connectivity index (χ4n) is 2.01. The van der Waals surface area contributed by atoms with Crippen LogP contribution in [0.1, 0.15) is 25.8 Å². The molecule has 0 heterocycles. The van der Waals surface area contributed by atoms with E-state index in [0.29, 0.717) is 12.5 Å². The van der Waals surface area contributed by atoms with E-state index in [-0.39, 0.29) is 15.9 Å². The number of rotatable bonds is 4. The lowest BCUT2D eigenvalue weighted by molar-refractivity contribution is 0.537. The summed E-state index contributed by atoms with van der Waals surface area (Å²) in [7, 11) is -3.58. The summed E-state index contributed by atoms with van der Waals surface area (Å²) in [5.74, 6) is 0.390. The standard InChI is InChI=1S/C13H16N2O2S/c1-13(2)7-11(13)9-15-18(16,17)12-6-4-3-5-10(12)8-14/h3-6,11,15H,7,9H2,1-2H3. The third-order valence-electron chi connectivity index (χ3n) is 3.53. The van der Waals surface area contributed by atoms with Crippen LogP contribution in [0.4, 0.5) is 0 Å². The third-order valence-corrected chi connectivity index (χ3v) is 5.02. The van der Waals surface area contributed by atoms with Gasteiger partial charge in [0.05, 0.1) is 10.5 Å². The maximum Gasteiger partial charge on any atom is 0.241 e. The van der Waals surface area contributed by atoms with E-state index in [4.69, 9.17) is 5.26 Å². The van der Waals surface area contributed by atoms with Crippen molar-refractivity contribution < 1.29 is 8.42 Å². The smallest absolute Gasteiger partial charge is 0.211 e. The van der Waals surface area contributed by atoms with Crippen LogP contribution >= 0.6 is 0 Å². The molecule has 0 bridgehead atoms. The predicted octanol–water partition coefficient (Wildman–Crippen LogP) is 1.88.